The van der Waals surface area contributed by atoms with E-state index in [4.69, 9.17) is 0 Å². The van der Waals surface area contributed by atoms with Crippen molar-refractivity contribution in [3.63, 3.8) is 0 Å². The molecule has 1 fully saturated rings. The number of rotatable bonds is 6. The Balaban J connectivity index is 2.85. The number of hydrogen-bond acceptors (Lipinski definition) is 2. The Bertz CT molecular complexity index is 233. The summed E-state index contributed by atoms with van der Waals surface area (Å²) in [6.07, 6.45) is 5.14. The summed E-state index contributed by atoms with van der Waals surface area (Å²) in [5, 5.41) is 3.80. The van der Waals surface area contributed by atoms with Crippen LogP contribution in [0.2, 0.25) is 0 Å². The molecule has 1 heterocycles. The fourth-order valence-electron chi connectivity index (χ4n) is 3.47. The maximum Gasteiger partial charge on any atom is 0.0332 e. The van der Waals surface area contributed by atoms with E-state index in [1.54, 1.807) is 0 Å². The van der Waals surface area contributed by atoms with Crippen molar-refractivity contribution in [1.82, 2.24) is 10.2 Å². The Morgan fingerprint density at radius 2 is 1.78 bits per heavy atom. The molecule has 1 aliphatic rings. The topological polar surface area (TPSA) is 15.3 Å². The largest absolute Gasteiger partial charge is 0.311 e. The van der Waals surface area contributed by atoms with Crippen LogP contribution in [0, 0.1) is 5.92 Å². The SMILES string of the molecule is CCCC(C)N1CC(C(C)C)NCC1(CC)CC. The lowest BCUT2D eigenvalue weighted by molar-refractivity contribution is -0.00951. The smallest absolute Gasteiger partial charge is 0.0332 e. The summed E-state index contributed by atoms with van der Waals surface area (Å²) >= 11 is 0. The van der Waals surface area contributed by atoms with Gasteiger partial charge in [-0.1, -0.05) is 41.0 Å². The minimum Gasteiger partial charge on any atom is -0.311 e. The lowest BCUT2D eigenvalue weighted by atomic mass is 9.83. The van der Waals surface area contributed by atoms with Gasteiger partial charge in [0.05, 0.1) is 0 Å². The van der Waals surface area contributed by atoms with E-state index in [9.17, 15) is 0 Å². The van der Waals surface area contributed by atoms with Gasteiger partial charge >= 0.3 is 0 Å². The Morgan fingerprint density at radius 1 is 1.17 bits per heavy atom. The number of nitrogens with one attached hydrogen (secondary N) is 1. The van der Waals surface area contributed by atoms with Gasteiger partial charge < -0.3 is 5.32 Å². The fourth-order valence-corrected chi connectivity index (χ4v) is 3.47. The van der Waals surface area contributed by atoms with E-state index in [0.29, 0.717) is 11.6 Å². The number of hydrogen-bond donors (Lipinski definition) is 1. The van der Waals surface area contributed by atoms with Crippen LogP contribution in [0.4, 0.5) is 0 Å². The predicted molar refractivity (Wildman–Crippen MR) is 81.0 cm³/mol. The van der Waals surface area contributed by atoms with Crippen LogP contribution in [0.15, 0.2) is 0 Å². The molecule has 0 amide bonds. The van der Waals surface area contributed by atoms with Crippen LogP contribution >= 0.6 is 0 Å². The molecule has 1 rings (SSSR count). The normalized spacial score (nSPS) is 26.5. The molecule has 2 unspecified atom stereocenters. The van der Waals surface area contributed by atoms with Crippen LogP contribution in [0.1, 0.15) is 67.2 Å². The average molecular weight is 254 g/mol. The van der Waals surface area contributed by atoms with Gasteiger partial charge in [0.2, 0.25) is 0 Å². The first kappa shape index (κ1) is 16.0. The summed E-state index contributed by atoms with van der Waals surface area (Å²) in [5.74, 6) is 0.730. The van der Waals surface area contributed by atoms with E-state index in [1.807, 2.05) is 0 Å². The monoisotopic (exact) mass is 254 g/mol. The molecule has 2 heteroatoms. The molecule has 2 nitrogen and oxygen atoms in total. The standard InChI is InChI=1S/C16H34N2/c1-7-10-14(6)18-11-15(13(4)5)17-12-16(18,8-2)9-3/h13-15,17H,7-12H2,1-6H3. The second-order valence-electron chi connectivity index (χ2n) is 6.45. The molecule has 108 valence electrons. The molecule has 0 aromatic heterocycles. The van der Waals surface area contributed by atoms with E-state index in [-0.39, 0.29) is 0 Å². The van der Waals surface area contributed by atoms with Gasteiger partial charge in [0.1, 0.15) is 0 Å². The molecule has 0 saturated carbocycles. The highest BCUT2D eigenvalue weighted by atomic mass is 15.3. The first-order valence-electron chi connectivity index (χ1n) is 8.00. The second-order valence-corrected chi connectivity index (χ2v) is 6.45. The summed E-state index contributed by atoms with van der Waals surface area (Å²) in [7, 11) is 0. The van der Waals surface area contributed by atoms with E-state index >= 15 is 0 Å². The van der Waals surface area contributed by atoms with Gasteiger partial charge in [-0.05, 0) is 32.1 Å². The van der Waals surface area contributed by atoms with E-state index < -0.39 is 0 Å². The number of nitrogens with zero attached hydrogens (tertiary/aromatic N) is 1. The first-order chi connectivity index (χ1) is 8.50. The molecular formula is C16H34N2. The van der Waals surface area contributed by atoms with Crippen molar-refractivity contribution in [2.24, 2.45) is 5.92 Å². The maximum atomic E-state index is 3.80. The Kier molecular flexibility index (Phi) is 6.13. The van der Waals surface area contributed by atoms with Gasteiger partial charge in [0, 0.05) is 30.7 Å². The minimum atomic E-state index is 0.389. The van der Waals surface area contributed by atoms with Crippen molar-refractivity contribution in [2.45, 2.75) is 84.8 Å². The first-order valence-corrected chi connectivity index (χ1v) is 8.00. The zero-order valence-electron chi connectivity index (χ0n) is 13.4. The van der Waals surface area contributed by atoms with Gasteiger partial charge in [0.15, 0.2) is 0 Å². The molecule has 0 radical (unpaired) electrons. The maximum absolute atomic E-state index is 3.80. The molecule has 0 bridgehead atoms. The van der Waals surface area contributed by atoms with Crippen molar-refractivity contribution >= 4 is 0 Å². The van der Waals surface area contributed by atoms with Crippen LogP contribution < -0.4 is 5.32 Å². The van der Waals surface area contributed by atoms with Crippen molar-refractivity contribution in [3.05, 3.63) is 0 Å². The predicted octanol–water partition coefficient (Wildman–Crippen LogP) is 3.66. The van der Waals surface area contributed by atoms with Crippen LogP contribution in [0.25, 0.3) is 0 Å². The average Bonchev–Trinajstić information content (AvgIpc) is 2.38. The third kappa shape index (κ3) is 3.27. The molecule has 0 aromatic carbocycles. The second kappa shape index (κ2) is 6.91. The highest BCUT2D eigenvalue weighted by molar-refractivity contribution is 4.99. The van der Waals surface area contributed by atoms with Gasteiger partial charge in [-0.2, -0.15) is 0 Å². The van der Waals surface area contributed by atoms with Crippen molar-refractivity contribution in [1.29, 1.82) is 0 Å². The highest BCUT2D eigenvalue weighted by Crippen LogP contribution is 2.31. The third-order valence-corrected chi connectivity index (χ3v) is 5.06. The van der Waals surface area contributed by atoms with Gasteiger partial charge in [0.25, 0.3) is 0 Å². The summed E-state index contributed by atoms with van der Waals surface area (Å²) in [4.78, 5) is 2.82. The van der Waals surface area contributed by atoms with Crippen molar-refractivity contribution in [3.8, 4) is 0 Å². The molecule has 2 atom stereocenters. The van der Waals surface area contributed by atoms with Gasteiger partial charge in [-0.3, -0.25) is 4.90 Å². The Labute approximate surface area is 115 Å². The van der Waals surface area contributed by atoms with Crippen molar-refractivity contribution in [2.75, 3.05) is 13.1 Å². The molecular weight excluding hydrogens is 220 g/mol. The molecule has 18 heavy (non-hydrogen) atoms. The van der Waals surface area contributed by atoms with Crippen LogP contribution in [-0.2, 0) is 0 Å². The fraction of sp³-hybridized carbons (Fsp3) is 1.00. The zero-order valence-corrected chi connectivity index (χ0v) is 13.4. The van der Waals surface area contributed by atoms with Gasteiger partial charge in [-0.15, -0.1) is 0 Å². The Hall–Kier alpha value is -0.0800. The van der Waals surface area contributed by atoms with E-state index in [2.05, 4.69) is 51.8 Å². The lowest BCUT2D eigenvalue weighted by Crippen LogP contribution is -2.67. The lowest BCUT2D eigenvalue weighted by Gasteiger charge is -2.53. The summed E-state index contributed by atoms with van der Waals surface area (Å²) in [6.45, 7) is 16.5. The van der Waals surface area contributed by atoms with Crippen LogP contribution in [0.5, 0.6) is 0 Å². The zero-order chi connectivity index (χ0) is 13.8. The molecule has 0 aliphatic carbocycles. The van der Waals surface area contributed by atoms with Crippen LogP contribution in [-0.4, -0.2) is 35.6 Å². The van der Waals surface area contributed by atoms with Crippen LogP contribution in [0.3, 0.4) is 0 Å². The summed E-state index contributed by atoms with van der Waals surface area (Å²) in [6, 6.07) is 1.38. The van der Waals surface area contributed by atoms with Gasteiger partial charge in [-0.25, -0.2) is 0 Å². The summed E-state index contributed by atoms with van der Waals surface area (Å²) in [5.41, 5.74) is 0.389. The third-order valence-electron chi connectivity index (χ3n) is 5.06. The molecule has 1 saturated heterocycles. The minimum absolute atomic E-state index is 0.389. The Morgan fingerprint density at radius 3 is 2.22 bits per heavy atom. The molecule has 0 spiro atoms. The van der Waals surface area contributed by atoms with E-state index in [1.165, 1.54) is 32.2 Å². The molecule has 1 aliphatic heterocycles. The number of piperazine rings is 1. The molecule has 1 N–H and O–H groups in total. The summed E-state index contributed by atoms with van der Waals surface area (Å²) < 4.78 is 0. The highest BCUT2D eigenvalue weighted by Gasteiger charge is 2.41. The molecule has 0 aromatic rings. The van der Waals surface area contributed by atoms with E-state index in [0.717, 1.165) is 18.5 Å². The van der Waals surface area contributed by atoms with Crippen molar-refractivity contribution < 1.29 is 0 Å². The quantitative estimate of drug-likeness (QED) is 0.778.